The molecule has 0 spiro atoms. The lowest BCUT2D eigenvalue weighted by Crippen LogP contribution is -2.51. The van der Waals surface area contributed by atoms with Crippen LogP contribution in [-0.4, -0.2) is 62.8 Å². The van der Waals surface area contributed by atoms with Gasteiger partial charge in [-0.3, -0.25) is 4.90 Å². The summed E-state index contributed by atoms with van der Waals surface area (Å²) in [5.74, 6) is 0.477. The van der Waals surface area contributed by atoms with E-state index >= 15 is 0 Å². The minimum absolute atomic E-state index is 0.267. The molecule has 2 N–H and O–H groups in total. The van der Waals surface area contributed by atoms with E-state index in [1.807, 2.05) is 55.5 Å². The van der Waals surface area contributed by atoms with Gasteiger partial charge in [-0.25, -0.2) is 9.59 Å². The number of nitrogens with one attached hydrogen (secondary N) is 2. The van der Waals surface area contributed by atoms with Gasteiger partial charge in [0.2, 0.25) is 0 Å². The number of hydrogen-bond acceptors (Lipinski definition) is 6. The van der Waals surface area contributed by atoms with Gasteiger partial charge in [-0.2, -0.15) is 0 Å². The molecule has 0 aromatic heterocycles. The van der Waals surface area contributed by atoms with Crippen molar-refractivity contribution in [1.29, 1.82) is 0 Å². The smallest absolute Gasteiger partial charge is 0.338 e. The fourth-order valence-electron chi connectivity index (χ4n) is 4.45. The van der Waals surface area contributed by atoms with Gasteiger partial charge in [0.25, 0.3) is 0 Å². The normalized spacial score (nSPS) is 18.8. The van der Waals surface area contributed by atoms with Gasteiger partial charge in [-0.15, -0.1) is 0 Å². The van der Waals surface area contributed by atoms with E-state index in [9.17, 15) is 9.59 Å². The van der Waals surface area contributed by atoms with Gasteiger partial charge >= 0.3 is 12.0 Å². The van der Waals surface area contributed by atoms with E-state index in [4.69, 9.17) is 9.47 Å². The number of para-hydroxylation sites is 2. The molecule has 0 saturated carbocycles. The third-order valence-electron chi connectivity index (χ3n) is 6.04. The van der Waals surface area contributed by atoms with Gasteiger partial charge in [-0.1, -0.05) is 42.5 Å². The quantitative estimate of drug-likeness (QED) is 0.585. The maximum absolute atomic E-state index is 13.0. The summed E-state index contributed by atoms with van der Waals surface area (Å²) >= 11 is 0. The SMILES string of the molecule is CCOC(=O)C1=C(CN2CCN(c3ccccc3OCC)CC2)NC(=O)NC1c1ccccc1. The summed E-state index contributed by atoms with van der Waals surface area (Å²) in [6.07, 6.45) is 0. The van der Waals surface area contributed by atoms with Crippen molar-refractivity contribution in [2.24, 2.45) is 0 Å². The van der Waals surface area contributed by atoms with Gasteiger partial charge in [-0.05, 0) is 31.5 Å². The first-order valence-electron chi connectivity index (χ1n) is 11.8. The number of anilines is 1. The highest BCUT2D eigenvalue weighted by molar-refractivity contribution is 5.95. The number of piperazine rings is 1. The number of rotatable bonds is 8. The van der Waals surface area contributed by atoms with E-state index in [2.05, 4.69) is 26.5 Å². The Morgan fingerprint density at radius 2 is 1.68 bits per heavy atom. The average Bonchev–Trinajstić information content (AvgIpc) is 2.85. The second kappa shape index (κ2) is 11.1. The molecular weight excluding hydrogens is 432 g/mol. The number of carbonyl (C=O) groups is 2. The van der Waals surface area contributed by atoms with Crippen LogP contribution in [0.3, 0.4) is 0 Å². The molecule has 1 unspecified atom stereocenters. The Bertz CT molecular complexity index is 1030. The van der Waals surface area contributed by atoms with Crippen LogP contribution in [0.1, 0.15) is 25.5 Å². The second-order valence-corrected chi connectivity index (χ2v) is 8.22. The lowest BCUT2D eigenvalue weighted by molar-refractivity contribution is -0.139. The fourth-order valence-corrected chi connectivity index (χ4v) is 4.45. The van der Waals surface area contributed by atoms with Gasteiger partial charge in [0.1, 0.15) is 5.75 Å². The number of nitrogens with zero attached hydrogens (tertiary/aromatic N) is 2. The molecule has 2 aromatic carbocycles. The van der Waals surface area contributed by atoms with Gasteiger partial charge in [0.15, 0.2) is 0 Å². The molecule has 1 atom stereocenters. The Hall–Kier alpha value is -3.52. The predicted molar refractivity (Wildman–Crippen MR) is 131 cm³/mol. The largest absolute Gasteiger partial charge is 0.492 e. The summed E-state index contributed by atoms with van der Waals surface area (Å²) in [6, 6.07) is 16.7. The van der Waals surface area contributed by atoms with Crippen molar-refractivity contribution in [1.82, 2.24) is 15.5 Å². The molecule has 8 nitrogen and oxygen atoms in total. The fraction of sp³-hybridized carbons (Fsp3) is 0.385. The van der Waals surface area contributed by atoms with Crippen molar-refractivity contribution >= 4 is 17.7 Å². The molecule has 2 amide bonds. The minimum Gasteiger partial charge on any atom is -0.492 e. The Kier molecular flexibility index (Phi) is 7.69. The molecule has 4 rings (SSSR count). The average molecular weight is 465 g/mol. The van der Waals surface area contributed by atoms with Crippen molar-refractivity contribution in [3.8, 4) is 5.75 Å². The summed E-state index contributed by atoms with van der Waals surface area (Å²) in [6.45, 7) is 8.34. The zero-order valence-electron chi connectivity index (χ0n) is 19.8. The molecule has 2 aliphatic heterocycles. The first-order chi connectivity index (χ1) is 16.6. The van der Waals surface area contributed by atoms with E-state index in [-0.39, 0.29) is 12.6 Å². The third-order valence-corrected chi connectivity index (χ3v) is 6.04. The van der Waals surface area contributed by atoms with Crippen LogP contribution in [0.5, 0.6) is 5.75 Å². The van der Waals surface area contributed by atoms with E-state index in [1.54, 1.807) is 6.92 Å². The highest BCUT2D eigenvalue weighted by Crippen LogP contribution is 2.30. The van der Waals surface area contributed by atoms with Crippen molar-refractivity contribution in [3.05, 3.63) is 71.4 Å². The Labute approximate surface area is 200 Å². The Balaban J connectivity index is 1.53. The van der Waals surface area contributed by atoms with Crippen molar-refractivity contribution in [2.75, 3.05) is 50.8 Å². The van der Waals surface area contributed by atoms with Crippen molar-refractivity contribution in [2.45, 2.75) is 19.9 Å². The number of carbonyl (C=O) groups excluding carboxylic acids is 2. The van der Waals surface area contributed by atoms with E-state index < -0.39 is 12.0 Å². The van der Waals surface area contributed by atoms with Crippen LogP contribution >= 0.6 is 0 Å². The predicted octanol–water partition coefficient (Wildman–Crippen LogP) is 3.08. The van der Waals surface area contributed by atoms with Crippen LogP contribution in [-0.2, 0) is 9.53 Å². The first-order valence-corrected chi connectivity index (χ1v) is 11.8. The van der Waals surface area contributed by atoms with Gasteiger partial charge in [0, 0.05) is 38.4 Å². The Morgan fingerprint density at radius 1 is 0.971 bits per heavy atom. The maximum atomic E-state index is 13.0. The highest BCUT2D eigenvalue weighted by atomic mass is 16.5. The van der Waals surface area contributed by atoms with Crippen LogP contribution in [0, 0.1) is 0 Å². The molecule has 8 heteroatoms. The highest BCUT2D eigenvalue weighted by Gasteiger charge is 2.34. The molecule has 180 valence electrons. The van der Waals surface area contributed by atoms with Gasteiger partial charge < -0.3 is 25.0 Å². The third kappa shape index (κ3) is 5.34. The lowest BCUT2D eigenvalue weighted by Gasteiger charge is -2.38. The zero-order valence-corrected chi connectivity index (χ0v) is 19.8. The van der Waals surface area contributed by atoms with Crippen LogP contribution in [0.15, 0.2) is 65.9 Å². The van der Waals surface area contributed by atoms with E-state index in [0.29, 0.717) is 24.4 Å². The summed E-state index contributed by atoms with van der Waals surface area (Å²) in [7, 11) is 0. The minimum atomic E-state index is -0.552. The number of amides is 2. The molecule has 1 saturated heterocycles. The molecule has 2 aromatic rings. The molecule has 0 bridgehead atoms. The van der Waals surface area contributed by atoms with Crippen molar-refractivity contribution < 1.29 is 19.1 Å². The second-order valence-electron chi connectivity index (χ2n) is 8.22. The number of ether oxygens (including phenoxy) is 2. The molecule has 34 heavy (non-hydrogen) atoms. The molecular formula is C26H32N4O4. The molecule has 0 aliphatic carbocycles. The summed E-state index contributed by atoms with van der Waals surface area (Å²) in [4.78, 5) is 30.0. The summed E-state index contributed by atoms with van der Waals surface area (Å²) < 4.78 is 11.2. The number of esters is 1. The summed E-state index contributed by atoms with van der Waals surface area (Å²) in [5.41, 5.74) is 2.99. The monoisotopic (exact) mass is 464 g/mol. The first kappa shape index (κ1) is 23.6. The standard InChI is InChI=1S/C26H32N4O4/c1-3-33-22-13-9-8-12-21(22)30-16-14-29(15-17-30)18-20-23(25(31)34-4-2)24(28-26(32)27-20)19-10-6-5-7-11-19/h5-13,24H,3-4,14-18H2,1-2H3,(H2,27,28,32). The Morgan fingerprint density at radius 3 is 2.38 bits per heavy atom. The lowest BCUT2D eigenvalue weighted by atomic mass is 9.95. The van der Waals surface area contributed by atoms with Crippen LogP contribution in [0.2, 0.25) is 0 Å². The molecule has 2 heterocycles. The van der Waals surface area contributed by atoms with Crippen LogP contribution in [0.25, 0.3) is 0 Å². The number of hydrogen-bond donors (Lipinski definition) is 2. The zero-order chi connectivity index (χ0) is 23.9. The molecule has 0 radical (unpaired) electrons. The topological polar surface area (TPSA) is 83.1 Å². The molecule has 2 aliphatic rings. The maximum Gasteiger partial charge on any atom is 0.338 e. The van der Waals surface area contributed by atoms with Crippen molar-refractivity contribution in [3.63, 3.8) is 0 Å². The number of benzene rings is 2. The van der Waals surface area contributed by atoms with Crippen LogP contribution < -0.4 is 20.3 Å². The summed E-state index contributed by atoms with van der Waals surface area (Å²) in [5, 5.41) is 5.76. The van der Waals surface area contributed by atoms with E-state index in [0.717, 1.165) is 43.2 Å². The number of urea groups is 1. The van der Waals surface area contributed by atoms with Crippen LogP contribution in [0.4, 0.5) is 10.5 Å². The van der Waals surface area contributed by atoms with Gasteiger partial charge in [0.05, 0.1) is 30.5 Å². The van der Waals surface area contributed by atoms with E-state index in [1.165, 1.54) is 0 Å². The molecule has 1 fully saturated rings.